The van der Waals surface area contributed by atoms with E-state index in [1.54, 1.807) is 30.3 Å². The number of hydrogen-bond acceptors (Lipinski definition) is 2. The maximum atomic E-state index is 13.3. The van der Waals surface area contributed by atoms with Crippen molar-refractivity contribution in [1.29, 1.82) is 0 Å². The largest absolute Gasteiger partial charge is 0.481 e. The normalized spacial score (nSPS) is 11.7. The predicted molar refractivity (Wildman–Crippen MR) is 83.0 cm³/mol. The van der Waals surface area contributed by atoms with Gasteiger partial charge in [-0.3, -0.25) is 9.59 Å². The minimum atomic E-state index is -1.03. The van der Waals surface area contributed by atoms with Crippen molar-refractivity contribution in [2.45, 2.75) is 12.5 Å². The number of aliphatic carboxylic acids is 1. The number of carboxylic acids is 1. The van der Waals surface area contributed by atoms with Crippen molar-refractivity contribution in [3.63, 3.8) is 0 Å². The Kier molecular flexibility index (Phi) is 5.27. The molecule has 0 radical (unpaired) electrons. The summed E-state index contributed by atoms with van der Waals surface area (Å²) in [6.07, 6.45) is -0.261. The quantitative estimate of drug-likeness (QED) is 0.851. The molecule has 1 unspecified atom stereocenters. The second-order valence-electron chi connectivity index (χ2n) is 4.66. The molecule has 0 heterocycles. The van der Waals surface area contributed by atoms with Gasteiger partial charge in [0.1, 0.15) is 5.82 Å². The van der Waals surface area contributed by atoms with Crippen LogP contribution in [0.1, 0.15) is 28.4 Å². The van der Waals surface area contributed by atoms with Gasteiger partial charge in [-0.15, -0.1) is 0 Å². The Balaban J connectivity index is 2.25. The lowest BCUT2D eigenvalue weighted by molar-refractivity contribution is -0.137. The number of carboxylic acid groups (broad SMARTS) is 1. The van der Waals surface area contributed by atoms with Gasteiger partial charge < -0.3 is 10.4 Å². The highest BCUT2D eigenvalue weighted by molar-refractivity contribution is 9.10. The van der Waals surface area contributed by atoms with Crippen molar-refractivity contribution >= 4 is 27.8 Å². The van der Waals surface area contributed by atoms with Gasteiger partial charge in [-0.2, -0.15) is 0 Å². The lowest BCUT2D eigenvalue weighted by Crippen LogP contribution is -2.30. The van der Waals surface area contributed by atoms with Gasteiger partial charge in [-0.1, -0.05) is 30.3 Å². The van der Waals surface area contributed by atoms with Crippen molar-refractivity contribution in [3.05, 3.63) is 69.9 Å². The molecule has 0 saturated carbocycles. The van der Waals surface area contributed by atoms with Gasteiger partial charge in [0.25, 0.3) is 5.91 Å². The van der Waals surface area contributed by atoms with Gasteiger partial charge in [-0.05, 0) is 39.7 Å². The van der Waals surface area contributed by atoms with Crippen molar-refractivity contribution in [2.75, 3.05) is 0 Å². The van der Waals surface area contributed by atoms with Crippen LogP contribution in [0.25, 0.3) is 0 Å². The molecular weight excluding hydrogens is 353 g/mol. The molecule has 0 spiro atoms. The lowest BCUT2D eigenvalue weighted by Gasteiger charge is -2.18. The summed E-state index contributed by atoms with van der Waals surface area (Å²) in [5.41, 5.74) is 0.789. The lowest BCUT2D eigenvalue weighted by atomic mass is 10.0. The SMILES string of the molecule is O=C(O)CC(NC(=O)c1cc(F)ccc1Br)c1ccccc1. The molecule has 114 valence electrons. The molecule has 2 N–H and O–H groups in total. The van der Waals surface area contributed by atoms with Crippen LogP contribution in [0.5, 0.6) is 0 Å². The number of carbonyl (C=O) groups excluding carboxylic acids is 1. The standard InChI is InChI=1S/C16H13BrFNO3/c17-13-7-6-11(18)8-12(13)16(22)19-14(9-15(20)21)10-4-2-1-3-5-10/h1-8,14H,9H2,(H,19,22)(H,20,21). The van der Waals surface area contributed by atoms with E-state index in [-0.39, 0.29) is 12.0 Å². The van der Waals surface area contributed by atoms with Crippen LogP contribution in [-0.2, 0) is 4.79 Å². The highest BCUT2D eigenvalue weighted by Crippen LogP contribution is 2.21. The van der Waals surface area contributed by atoms with Gasteiger partial charge in [0.15, 0.2) is 0 Å². The Morgan fingerprint density at radius 1 is 1.18 bits per heavy atom. The van der Waals surface area contributed by atoms with Gasteiger partial charge in [0.2, 0.25) is 0 Å². The molecule has 4 nitrogen and oxygen atoms in total. The third-order valence-corrected chi connectivity index (χ3v) is 3.75. The molecule has 2 rings (SSSR count). The Morgan fingerprint density at radius 3 is 2.50 bits per heavy atom. The second-order valence-corrected chi connectivity index (χ2v) is 5.51. The Morgan fingerprint density at radius 2 is 1.86 bits per heavy atom. The molecule has 0 bridgehead atoms. The zero-order valence-corrected chi connectivity index (χ0v) is 13.0. The average Bonchev–Trinajstić information content (AvgIpc) is 2.49. The topological polar surface area (TPSA) is 66.4 Å². The van der Waals surface area contributed by atoms with Crippen LogP contribution in [0.4, 0.5) is 4.39 Å². The minimum Gasteiger partial charge on any atom is -0.481 e. The fourth-order valence-electron chi connectivity index (χ4n) is 2.02. The minimum absolute atomic E-state index is 0.117. The molecule has 0 fully saturated rings. The molecule has 1 atom stereocenters. The monoisotopic (exact) mass is 365 g/mol. The van der Waals surface area contributed by atoms with Gasteiger partial charge >= 0.3 is 5.97 Å². The molecule has 0 aromatic heterocycles. The Bertz CT molecular complexity index is 691. The summed E-state index contributed by atoms with van der Waals surface area (Å²) in [6, 6.07) is 11.8. The summed E-state index contributed by atoms with van der Waals surface area (Å²) < 4.78 is 13.7. The van der Waals surface area contributed by atoms with Gasteiger partial charge in [0.05, 0.1) is 18.0 Å². The maximum absolute atomic E-state index is 13.3. The Hall–Kier alpha value is -2.21. The number of halogens is 2. The summed E-state index contributed by atoms with van der Waals surface area (Å²) in [7, 11) is 0. The van der Waals surface area contributed by atoms with E-state index in [4.69, 9.17) is 5.11 Å². The van der Waals surface area contributed by atoms with Crippen LogP contribution in [0.3, 0.4) is 0 Å². The molecular formula is C16H13BrFNO3. The van der Waals surface area contributed by atoms with Crippen LogP contribution >= 0.6 is 15.9 Å². The molecule has 22 heavy (non-hydrogen) atoms. The van der Waals surface area contributed by atoms with Crippen molar-refractivity contribution < 1.29 is 19.1 Å². The van der Waals surface area contributed by atoms with Crippen LogP contribution in [0.15, 0.2) is 53.0 Å². The first-order valence-electron chi connectivity index (χ1n) is 6.50. The zero-order chi connectivity index (χ0) is 16.1. The van der Waals surface area contributed by atoms with E-state index in [1.165, 1.54) is 12.1 Å². The molecule has 2 aromatic rings. The van der Waals surface area contributed by atoms with E-state index in [0.29, 0.717) is 10.0 Å². The fraction of sp³-hybridized carbons (Fsp3) is 0.125. The van der Waals surface area contributed by atoms with Crippen molar-refractivity contribution in [1.82, 2.24) is 5.32 Å². The van der Waals surface area contributed by atoms with Gasteiger partial charge in [-0.25, -0.2) is 4.39 Å². The number of hydrogen-bond donors (Lipinski definition) is 2. The number of benzene rings is 2. The number of carbonyl (C=O) groups is 2. The number of rotatable bonds is 5. The van der Waals surface area contributed by atoms with E-state index in [9.17, 15) is 14.0 Å². The summed E-state index contributed by atoms with van der Waals surface area (Å²) in [5, 5.41) is 11.6. The highest BCUT2D eigenvalue weighted by atomic mass is 79.9. The van der Waals surface area contributed by atoms with E-state index in [2.05, 4.69) is 21.2 Å². The number of amides is 1. The summed E-state index contributed by atoms with van der Waals surface area (Å²) >= 11 is 3.18. The first kappa shape index (κ1) is 16.2. The van der Waals surface area contributed by atoms with E-state index < -0.39 is 23.7 Å². The summed E-state index contributed by atoms with van der Waals surface area (Å²) in [5.74, 6) is -2.11. The third-order valence-electron chi connectivity index (χ3n) is 3.06. The average molecular weight is 366 g/mol. The molecule has 0 aliphatic carbocycles. The van der Waals surface area contributed by atoms with E-state index >= 15 is 0 Å². The van der Waals surface area contributed by atoms with Crippen LogP contribution < -0.4 is 5.32 Å². The molecule has 0 aliphatic rings. The first-order valence-corrected chi connectivity index (χ1v) is 7.29. The summed E-state index contributed by atoms with van der Waals surface area (Å²) in [6.45, 7) is 0. The van der Waals surface area contributed by atoms with Crippen molar-refractivity contribution in [3.8, 4) is 0 Å². The van der Waals surface area contributed by atoms with Crippen LogP contribution in [-0.4, -0.2) is 17.0 Å². The van der Waals surface area contributed by atoms with Gasteiger partial charge in [0, 0.05) is 4.47 Å². The van der Waals surface area contributed by atoms with Crippen LogP contribution in [0.2, 0.25) is 0 Å². The Labute approximate surface area is 135 Å². The molecule has 2 aromatic carbocycles. The highest BCUT2D eigenvalue weighted by Gasteiger charge is 2.20. The van der Waals surface area contributed by atoms with E-state index in [0.717, 1.165) is 6.07 Å². The molecule has 6 heteroatoms. The zero-order valence-electron chi connectivity index (χ0n) is 11.4. The number of nitrogens with one attached hydrogen (secondary N) is 1. The third kappa shape index (κ3) is 4.14. The fourth-order valence-corrected chi connectivity index (χ4v) is 2.45. The molecule has 1 amide bonds. The predicted octanol–water partition coefficient (Wildman–Crippen LogP) is 3.53. The van der Waals surface area contributed by atoms with Crippen molar-refractivity contribution in [2.24, 2.45) is 0 Å². The smallest absolute Gasteiger partial charge is 0.305 e. The maximum Gasteiger partial charge on any atom is 0.305 e. The molecule has 0 aliphatic heterocycles. The molecule has 0 saturated heterocycles. The van der Waals surface area contributed by atoms with E-state index in [1.807, 2.05) is 0 Å². The first-order chi connectivity index (χ1) is 10.5. The second kappa shape index (κ2) is 7.17. The van der Waals surface area contributed by atoms with Crippen LogP contribution in [0, 0.1) is 5.82 Å². The summed E-state index contributed by atoms with van der Waals surface area (Å²) in [4.78, 5) is 23.3.